The molecule has 1 aromatic carbocycles. The van der Waals surface area contributed by atoms with Crippen molar-refractivity contribution in [2.45, 2.75) is 64.2 Å². The number of nitrogens with one attached hydrogen (secondary N) is 2. The molecule has 0 bridgehead atoms. The third-order valence-corrected chi connectivity index (χ3v) is 4.57. The summed E-state index contributed by atoms with van der Waals surface area (Å²) in [6, 6.07) is 7.94. The van der Waals surface area contributed by atoms with Gasteiger partial charge in [-0.15, -0.1) is 0 Å². The second kappa shape index (κ2) is 14.4. The molecule has 10 heteroatoms. The van der Waals surface area contributed by atoms with Crippen molar-refractivity contribution >= 4 is 17.8 Å². The van der Waals surface area contributed by atoms with Crippen LogP contribution in [-0.2, 0) is 30.3 Å². The number of alkyl halides is 3. The summed E-state index contributed by atoms with van der Waals surface area (Å²) in [4.78, 5) is 35.7. The van der Waals surface area contributed by atoms with Gasteiger partial charge in [0.15, 0.2) is 0 Å². The molecular formula is C22H31F3N2O5. The molecule has 2 N–H and O–H groups in total. The molecule has 0 aliphatic heterocycles. The average Bonchev–Trinajstić information content (AvgIpc) is 2.75. The number of unbranched alkanes of at least 4 members (excludes halogenated alkanes) is 1. The number of hydrogen-bond donors (Lipinski definition) is 2. The molecule has 0 saturated carbocycles. The lowest BCUT2D eigenvalue weighted by atomic mass is 10.0. The maximum atomic E-state index is 12.4. The smallest absolute Gasteiger partial charge is 0.465 e. The summed E-state index contributed by atoms with van der Waals surface area (Å²) in [7, 11) is 0. The summed E-state index contributed by atoms with van der Waals surface area (Å²) >= 11 is 0. The Hall–Kier alpha value is -2.62. The van der Waals surface area contributed by atoms with Gasteiger partial charge in [-0.3, -0.25) is 19.7 Å². The predicted octanol–water partition coefficient (Wildman–Crippen LogP) is 2.92. The summed E-state index contributed by atoms with van der Waals surface area (Å²) in [5, 5.41) is 4.79. The van der Waals surface area contributed by atoms with Gasteiger partial charge in [0.05, 0.1) is 13.2 Å². The van der Waals surface area contributed by atoms with Gasteiger partial charge in [-0.05, 0) is 51.5 Å². The van der Waals surface area contributed by atoms with Crippen molar-refractivity contribution in [3.63, 3.8) is 0 Å². The minimum absolute atomic E-state index is 0.146. The van der Waals surface area contributed by atoms with E-state index in [9.17, 15) is 27.6 Å². The Morgan fingerprint density at radius 2 is 1.47 bits per heavy atom. The zero-order valence-corrected chi connectivity index (χ0v) is 18.4. The van der Waals surface area contributed by atoms with Crippen molar-refractivity contribution in [2.75, 3.05) is 19.8 Å². The van der Waals surface area contributed by atoms with E-state index in [0.29, 0.717) is 19.3 Å². The summed E-state index contributed by atoms with van der Waals surface area (Å²) in [6.45, 7) is 3.49. The van der Waals surface area contributed by atoms with Crippen LogP contribution in [0.5, 0.6) is 0 Å². The van der Waals surface area contributed by atoms with Gasteiger partial charge in [0.2, 0.25) is 0 Å². The molecule has 0 fully saturated rings. The second-order valence-corrected chi connectivity index (χ2v) is 7.05. The van der Waals surface area contributed by atoms with Crippen LogP contribution in [0.4, 0.5) is 13.2 Å². The van der Waals surface area contributed by atoms with Crippen molar-refractivity contribution in [3.8, 4) is 0 Å². The number of benzene rings is 1. The third kappa shape index (κ3) is 10.6. The molecule has 1 aromatic rings. The lowest BCUT2D eigenvalue weighted by Gasteiger charge is -2.23. The van der Waals surface area contributed by atoms with E-state index in [1.807, 2.05) is 30.3 Å². The predicted molar refractivity (Wildman–Crippen MR) is 112 cm³/mol. The van der Waals surface area contributed by atoms with Crippen molar-refractivity contribution in [2.24, 2.45) is 0 Å². The number of aryl methyl sites for hydroxylation is 1. The first-order valence-corrected chi connectivity index (χ1v) is 10.7. The second-order valence-electron chi connectivity index (χ2n) is 7.05. The number of carbonyl (C=O) groups is 3. The number of esters is 2. The summed E-state index contributed by atoms with van der Waals surface area (Å²) in [5.74, 6) is -3.04. The minimum Gasteiger partial charge on any atom is -0.465 e. The van der Waals surface area contributed by atoms with Gasteiger partial charge < -0.3 is 14.8 Å². The quantitative estimate of drug-likeness (QED) is 0.328. The van der Waals surface area contributed by atoms with E-state index in [1.165, 1.54) is 0 Å². The zero-order chi connectivity index (χ0) is 24.0. The van der Waals surface area contributed by atoms with Gasteiger partial charge in [-0.1, -0.05) is 30.3 Å². The number of rotatable bonds is 14. The lowest BCUT2D eigenvalue weighted by molar-refractivity contribution is -0.173. The van der Waals surface area contributed by atoms with Crippen LogP contribution >= 0.6 is 0 Å². The molecule has 7 nitrogen and oxygen atoms in total. The summed E-state index contributed by atoms with van der Waals surface area (Å²) < 4.78 is 46.9. The standard InChI is InChI=1S/C22H31F3N2O5/c1-3-31-19(28)17(12-8-9-15-26-21(30)22(23,24)25)27-18(20(29)32-4-2)14-13-16-10-6-5-7-11-16/h5-7,10-11,17-18,27H,3-4,8-9,12-15H2,1-2H3,(H,26,30)/t17-,18-/m0/s1. The topological polar surface area (TPSA) is 93.7 Å². The molecule has 180 valence electrons. The van der Waals surface area contributed by atoms with Crippen LogP contribution in [0.25, 0.3) is 0 Å². The summed E-state index contributed by atoms with van der Waals surface area (Å²) in [6.07, 6.45) is -3.17. The highest BCUT2D eigenvalue weighted by Gasteiger charge is 2.38. The molecule has 1 amide bonds. The highest BCUT2D eigenvalue weighted by molar-refractivity contribution is 5.81. The fourth-order valence-electron chi connectivity index (χ4n) is 3.00. The SMILES string of the molecule is CCOC(=O)[C@H](CCCCNC(=O)C(F)(F)F)N[C@@H](CCc1ccccc1)C(=O)OCC. The van der Waals surface area contributed by atoms with Crippen molar-refractivity contribution in [3.05, 3.63) is 35.9 Å². The van der Waals surface area contributed by atoms with Gasteiger partial charge in [0.25, 0.3) is 0 Å². The molecule has 0 aliphatic rings. The minimum atomic E-state index is -4.93. The Morgan fingerprint density at radius 3 is 2.00 bits per heavy atom. The molecule has 0 aliphatic carbocycles. The Balaban J connectivity index is 2.70. The van der Waals surface area contributed by atoms with Gasteiger partial charge in [0, 0.05) is 6.54 Å². The van der Waals surface area contributed by atoms with Crippen LogP contribution in [0.1, 0.15) is 45.1 Å². The molecule has 0 spiro atoms. The fraction of sp³-hybridized carbons (Fsp3) is 0.591. The highest BCUT2D eigenvalue weighted by Crippen LogP contribution is 2.14. The van der Waals surface area contributed by atoms with Crippen LogP contribution < -0.4 is 10.6 Å². The van der Waals surface area contributed by atoms with Crippen LogP contribution in [0.3, 0.4) is 0 Å². The van der Waals surface area contributed by atoms with Crippen LogP contribution in [-0.4, -0.2) is 55.9 Å². The Labute approximate surface area is 186 Å². The van der Waals surface area contributed by atoms with Crippen LogP contribution in [0.2, 0.25) is 0 Å². The number of amides is 1. The average molecular weight is 460 g/mol. The van der Waals surface area contributed by atoms with Crippen molar-refractivity contribution < 1.29 is 37.0 Å². The van der Waals surface area contributed by atoms with E-state index >= 15 is 0 Å². The van der Waals surface area contributed by atoms with E-state index in [4.69, 9.17) is 9.47 Å². The first-order valence-electron chi connectivity index (χ1n) is 10.7. The number of hydrogen-bond acceptors (Lipinski definition) is 6. The number of halogens is 3. The molecular weight excluding hydrogens is 429 g/mol. The lowest BCUT2D eigenvalue weighted by Crippen LogP contribution is -2.48. The molecule has 0 heterocycles. The molecule has 0 aromatic heterocycles. The Kier molecular flexibility index (Phi) is 12.4. The molecule has 32 heavy (non-hydrogen) atoms. The zero-order valence-electron chi connectivity index (χ0n) is 18.4. The van der Waals surface area contributed by atoms with Gasteiger partial charge >= 0.3 is 24.0 Å². The molecule has 0 radical (unpaired) electrons. The van der Waals surface area contributed by atoms with E-state index < -0.39 is 36.1 Å². The van der Waals surface area contributed by atoms with Gasteiger partial charge in [0.1, 0.15) is 12.1 Å². The largest absolute Gasteiger partial charge is 0.471 e. The fourth-order valence-corrected chi connectivity index (χ4v) is 3.00. The van der Waals surface area contributed by atoms with Crippen LogP contribution in [0.15, 0.2) is 30.3 Å². The Morgan fingerprint density at radius 1 is 0.906 bits per heavy atom. The molecule has 0 saturated heterocycles. The van der Waals surface area contributed by atoms with E-state index in [-0.39, 0.29) is 32.6 Å². The summed E-state index contributed by atoms with van der Waals surface area (Å²) in [5.41, 5.74) is 1.02. The first kappa shape index (κ1) is 27.4. The molecule has 2 atom stereocenters. The Bertz CT molecular complexity index is 713. The normalized spacial score (nSPS) is 13.2. The number of carbonyl (C=O) groups excluding carboxylic acids is 3. The van der Waals surface area contributed by atoms with E-state index in [0.717, 1.165) is 5.56 Å². The van der Waals surface area contributed by atoms with Crippen molar-refractivity contribution in [1.82, 2.24) is 10.6 Å². The van der Waals surface area contributed by atoms with Gasteiger partial charge in [-0.2, -0.15) is 13.2 Å². The first-order chi connectivity index (χ1) is 15.2. The van der Waals surface area contributed by atoms with Crippen LogP contribution in [0, 0.1) is 0 Å². The third-order valence-electron chi connectivity index (χ3n) is 4.57. The highest BCUT2D eigenvalue weighted by atomic mass is 19.4. The molecule has 0 unspecified atom stereocenters. The van der Waals surface area contributed by atoms with E-state index in [1.54, 1.807) is 19.2 Å². The number of ether oxygens (including phenoxy) is 2. The van der Waals surface area contributed by atoms with Gasteiger partial charge in [-0.25, -0.2) is 0 Å². The van der Waals surface area contributed by atoms with Crippen molar-refractivity contribution in [1.29, 1.82) is 0 Å². The monoisotopic (exact) mass is 460 g/mol. The molecule has 1 rings (SSSR count). The maximum Gasteiger partial charge on any atom is 0.471 e. The maximum absolute atomic E-state index is 12.4. The van der Waals surface area contributed by atoms with E-state index in [2.05, 4.69) is 5.32 Å².